The Kier molecular flexibility index (Phi) is 9.01. The molecule has 1 amide bonds. The molecule has 1 aromatic heterocycles. The predicted molar refractivity (Wildman–Crippen MR) is 160 cm³/mol. The van der Waals surface area contributed by atoms with Crippen molar-refractivity contribution in [3.05, 3.63) is 106 Å². The summed E-state index contributed by atoms with van der Waals surface area (Å²) in [6, 6.07) is 12.5. The van der Waals surface area contributed by atoms with Crippen LogP contribution in [0.25, 0.3) is 16.6 Å². The largest absolute Gasteiger partial charge is 0.461 e. The van der Waals surface area contributed by atoms with Gasteiger partial charge in [0.15, 0.2) is 0 Å². The van der Waals surface area contributed by atoms with Gasteiger partial charge < -0.3 is 10.1 Å². The van der Waals surface area contributed by atoms with Gasteiger partial charge in [0.2, 0.25) is 0 Å². The lowest BCUT2D eigenvalue weighted by Gasteiger charge is -2.20. The normalized spacial score (nSPS) is 12.0. The summed E-state index contributed by atoms with van der Waals surface area (Å²) in [5.74, 6) is -1.83. The quantitative estimate of drug-likeness (QED) is 0.216. The molecular weight excluding hydrogens is 675 g/mol. The van der Waals surface area contributed by atoms with Gasteiger partial charge in [-0.05, 0) is 78.4 Å². The molecule has 0 fully saturated rings. The monoisotopic (exact) mass is 697 g/mol. The highest BCUT2D eigenvalue weighted by Crippen LogP contribution is 2.24. The number of rotatable bonds is 7. The van der Waals surface area contributed by atoms with Gasteiger partial charge in [0.25, 0.3) is 11.5 Å². The van der Waals surface area contributed by atoms with Gasteiger partial charge in [0.05, 0.1) is 38.3 Å². The highest BCUT2D eigenvalue weighted by Gasteiger charge is 2.26. The van der Waals surface area contributed by atoms with Crippen LogP contribution >= 0.6 is 45.8 Å². The summed E-state index contributed by atoms with van der Waals surface area (Å²) < 4.78 is 21.9. The average Bonchev–Trinajstić information content (AvgIpc) is 2.88. The van der Waals surface area contributed by atoms with Gasteiger partial charge in [-0.2, -0.15) is 0 Å². The van der Waals surface area contributed by atoms with E-state index < -0.39 is 41.1 Å². The van der Waals surface area contributed by atoms with Crippen molar-refractivity contribution in [2.45, 2.75) is 32.4 Å². The summed E-state index contributed by atoms with van der Waals surface area (Å²) in [4.78, 5) is 52.1. The van der Waals surface area contributed by atoms with Crippen LogP contribution in [0.2, 0.25) is 10.0 Å². The van der Waals surface area contributed by atoms with E-state index in [9.17, 15) is 23.6 Å². The average molecular weight is 698 g/mol. The molecule has 0 bridgehead atoms. The first-order valence-corrected chi connectivity index (χ1v) is 13.9. The minimum absolute atomic E-state index is 0.0320. The van der Waals surface area contributed by atoms with E-state index in [0.717, 1.165) is 10.6 Å². The number of nitrogens with zero attached hydrogens (tertiary/aromatic N) is 2. The number of hydrogen-bond acceptors (Lipinski definition) is 5. The predicted octanol–water partition coefficient (Wildman–Crippen LogP) is 5.03. The van der Waals surface area contributed by atoms with Crippen molar-refractivity contribution in [3.8, 4) is 5.69 Å². The SMILES string of the molecule is CC(C)OC(=O)[C@H](Cc1ccc(-n2c(=O)c3cc(I)c(F)cc3n(C)c2=O)cc1)NC(=O)c1c(Cl)cccc1Cl. The molecule has 0 unspecified atom stereocenters. The fraction of sp³-hybridized carbons (Fsp3) is 0.214. The second-order valence-electron chi connectivity index (χ2n) is 9.24. The first kappa shape index (κ1) is 29.8. The molecule has 208 valence electrons. The Labute approximate surface area is 251 Å². The van der Waals surface area contributed by atoms with E-state index in [1.54, 1.807) is 66.8 Å². The highest BCUT2D eigenvalue weighted by atomic mass is 127. The molecule has 3 aromatic carbocycles. The van der Waals surface area contributed by atoms with E-state index in [-0.39, 0.29) is 42.2 Å². The standard InChI is InChI=1S/C28H23Cl2FIN3O5/c1-14(2)40-27(38)22(33-25(36)24-18(29)5-4-6-19(24)30)11-15-7-9-16(10-8-15)35-26(37)17-12-21(32)20(31)13-23(17)34(3)28(35)39/h4-10,12-14,22H,11H2,1-3H3,(H,33,36)/t22-/m0/s1. The summed E-state index contributed by atoms with van der Waals surface area (Å²) in [5.41, 5.74) is -0.128. The molecule has 0 spiro atoms. The van der Waals surface area contributed by atoms with Crippen molar-refractivity contribution in [1.29, 1.82) is 0 Å². The summed E-state index contributed by atoms with van der Waals surface area (Å²) in [5, 5.41) is 3.10. The number of ether oxygens (including phenoxy) is 1. The molecule has 8 nitrogen and oxygen atoms in total. The van der Waals surface area contributed by atoms with Crippen molar-refractivity contribution >= 4 is 68.6 Å². The molecule has 0 aliphatic rings. The number of carbonyl (C=O) groups excluding carboxylic acids is 2. The third-order valence-electron chi connectivity index (χ3n) is 6.08. The van der Waals surface area contributed by atoms with E-state index in [2.05, 4.69) is 5.32 Å². The van der Waals surface area contributed by atoms with Gasteiger partial charge >= 0.3 is 11.7 Å². The van der Waals surface area contributed by atoms with Gasteiger partial charge in [0.1, 0.15) is 11.9 Å². The number of fused-ring (bicyclic) bond motifs is 1. The van der Waals surface area contributed by atoms with Crippen LogP contribution in [0.4, 0.5) is 4.39 Å². The van der Waals surface area contributed by atoms with Gasteiger partial charge in [-0.15, -0.1) is 0 Å². The third kappa shape index (κ3) is 6.08. The highest BCUT2D eigenvalue weighted by molar-refractivity contribution is 14.1. The molecule has 0 aliphatic heterocycles. The zero-order chi connectivity index (χ0) is 29.3. The number of amides is 1. The van der Waals surface area contributed by atoms with Crippen LogP contribution in [-0.4, -0.2) is 33.2 Å². The van der Waals surface area contributed by atoms with Gasteiger partial charge in [-0.1, -0.05) is 41.4 Å². The number of nitrogens with one attached hydrogen (secondary N) is 1. The molecule has 1 N–H and O–H groups in total. The molecule has 1 heterocycles. The van der Waals surface area contributed by atoms with Crippen LogP contribution in [0.5, 0.6) is 0 Å². The molecule has 0 saturated carbocycles. The number of aryl methyl sites for hydroxylation is 1. The number of benzene rings is 3. The minimum Gasteiger partial charge on any atom is -0.461 e. The molecule has 40 heavy (non-hydrogen) atoms. The zero-order valence-electron chi connectivity index (χ0n) is 21.5. The molecule has 4 rings (SSSR count). The Bertz CT molecular complexity index is 1730. The van der Waals surface area contributed by atoms with E-state index >= 15 is 0 Å². The number of hydrogen-bond donors (Lipinski definition) is 1. The maximum Gasteiger partial charge on any atom is 0.335 e. The molecule has 0 saturated heterocycles. The fourth-order valence-corrected chi connectivity index (χ4v) is 5.18. The van der Waals surface area contributed by atoms with E-state index in [4.69, 9.17) is 27.9 Å². The minimum atomic E-state index is -1.08. The first-order valence-electron chi connectivity index (χ1n) is 12.0. The Hall–Kier alpha value is -3.22. The van der Waals surface area contributed by atoms with Crippen LogP contribution in [0.3, 0.4) is 0 Å². The van der Waals surface area contributed by atoms with Crippen molar-refractivity contribution in [2.75, 3.05) is 0 Å². The lowest BCUT2D eigenvalue weighted by atomic mass is 10.0. The van der Waals surface area contributed by atoms with Crippen LogP contribution < -0.4 is 16.6 Å². The summed E-state index contributed by atoms with van der Waals surface area (Å²) in [6.07, 6.45) is -0.382. The molecule has 0 aliphatic carbocycles. The molecular formula is C28H23Cl2FIN3O5. The fourth-order valence-electron chi connectivity index (χ4n) is 4.14. The number of carbonyl (C=O) groups is 2. The van der Waals surface area contributed by atoms with Gasteiger partial charge in [0, 0.05) is 17.0 Å². The van der Waals surface area contributed by atoms with Gasteiger partial charge in [-0.3, -0.25) is 14.2 Å². The van der Waals surface area contributed by atoms with Crippen molar-refractivity contribution in [3.63, 3.8) is 0 Å². The van der Waals surface area contributed by atoms with Gasteiger partial charge in [-0.25, -0.2) is 18.5 Å². The smallest absolute Gasteiger partial charge is 0.335 e. The lowest BCUT2D eigenvalue weighted by molar-refractivity contribution is -0.149. The topological polar surface area (TPSA) is 99.4 Å². The van der Waals surface area contributed by atoms with Crippen molar-refractivity contribution < 1.29 is 18.7 Å². The van der Waals surface area contributed by atoms with Crippen LogP contribution in [0.1, 0.15) is 29.8 Å². The van der Waals surface area contributed by atoms with Crippen molar-refractivity contribution in [1.82, 2.24) is 14.5 Å². The van der Waals surface area contributed by atoms with Crippen molar-refractivity contribution in [2.24, 2.45) is 7.05 Å². The maximum absolute atomic E-state index is 14.1. The number of esters is 1. The van der Waals surface area contributed by atoms with E-state index in [1.807, 2.05) is 0 Å². The Morgan fingerprint density at radius 3 is 2.27 bits per heavy atom. The lowest BCUT2D eigenvalue weighted by Crippen LogP contribution is -2.44. The second kappa shape index (κ2) is 12.1. The Morgan fingerprint density at radius 1 is 1.05 bits per heavy atom. The summed E-state index contributed by atoms with van der Waals surface area (Å²) >= 11 is 14.1. The molecule has 12 heteroatoms. The molecule has 0 radical (unpaired) electrons. The maximum atomic E-state index is 14.1. The number of aromatic nitrogens is 2. The van der Waals surface area contributed by atoms with E-state index in [0.29, 0.717) is 5.56 Å². The summed E-state index contributed by atoms with van der Waals surface area (Å²) in [7, 11) is 1.46. The molecule has 4 aromatic rings. The third-order valence-corrected chi connectivity index (χ3v) is 7.53. The Balaban J connectivity index is 1.67. The van der Waals surface area contributed by atoms with E-state index in [1.165, 1.54) is 29.8 Å². The molecule has 1 atom stereocenters. The van der Waals surface area contributed by atoms with Crippen LogP contribution in [0, 0.1) is 9.39 Å². The first-order chi connectivity index (χ1) is 18.9. The van der Waals surface area contributed by atoms with Crippen LogP contribution in [0.15, 0.2) is 64.2 Å². The Morgan fingerprint density at radius 2 is 1.68 bits per heavy atom. The van der Waals surface area contributed by atoms with Crippen LogP contribution in [-0.2, 0) is 23.0 Å². The number of halogens is 4. The second-order valence-corrected chi connectivity index (χ2v) is 11.2. The summed E-state index contributed by atoms with van der Waals surface area (Å²) in [6.45, 7) is 3.38. The zero-order valence-corrected chi connectivity index (χ0v) is 25.2.